The number of hydrogen-bond acceptors (Lipinski definition) is 12. The van der Waals surface area contributed by atoms with Crippen LogP contribution in [0.1, 0.15) is 38.1 Å². The van der Waals surface area contributed by atoms with E-state index in [1.54, 1.807) is 35.6 Å². The van der Waals surface area contributed by atoms with E-state index in [1.807, 2.05) is 38.4 Å². The highest BCUT2D eigenvalue weighted by Gasteiger charge is 2.16. The Labute approximate surface area is 309 Å². The Hall–Kier alpha value is -4.45. The van der Waals surface area contributed by atoms with Crippen LogP contribution in [-0.4, -0.2) is 94.0 Å². The summed E-state index contributed by atoms with van der Waals surface area (Å²) in [6.45, 7) is 24.3. The van der Waals surface area contributed by atoms with Gasteiger partial charge in [-0.2, -0.15) is 20.2 Å². The Balaban J connectivity index is 0.000000280. The van der Waals surface area contributed by atoms with E-state index in [9.17, 15) is 9.59 Å². The predicted octanol–water partition coefficient (Wildman–Crippen LogP) is 6.64. The Morgan fingerprint density at radius 3 is 1.75 bits per heavy atom. The standard InChI is InChI=1S/2C18H28N4O3Si/c1-6-24-17(23)7-8-22-13-15(12-19-22)18-20-14(2)11-16(21-18)25-9-10-26(3,4)5;1-6-24-17(23)7-8-22-13-15(12-19-22)16-11-14(2)20-18(21-16)25-9-10-26(3,4)5/h2*11-13H,6-10H2,1-5H3. The van der Waals surface area contributed by atoms with E-state index in [0.717, 1.165) is 40.3 Å². The zero-order valence-corrected chi connectivity index (χ0v) is 34.6. The molecule has 0 N–H and O–H groups in total. The second-order valence-corrected chi connectivity index (χ2v) is 26.0. The van der Waals surface area contributed by atoms with Gasteiger partial charge in [-0.05, 0) is 45.8 Å². The van der Waals surface area contributed by atoms with Gasteiger partial charge in [0.25, 0.3) is 0 Å². The lowest BCUT2D eigenvalue weighted by Crippen LogP contribution is -2.22. The molecular weight excluding hydrogens is 697 g/mol. The summed E-state index contributed by atoms with van der Waals surface area (Å²) >= 11 is 0. The molecule has 0 aromatic carbocycles. The van der Waals surface area contributed by atoms with Crippen LogP contribution in [0.3, 0.4) is 0 Å². The van der Waals surface area contributed by atoms with Crippen molar-refractivity contribution in [1.82, 2.24) is 39.5 Å². The molecule has 4 aromatic rings. The van der Waals surface area contributed by atoms with Crippen LogP contribution in [0.25, 0.3) is 22.6 Å². The van der Waals surface area contributed by atoms with Crippen LogP contribution in [0.4, 0.5) is 0 Å². The molecule has 52 heavy (non-hydrogen) atoms. The van der Waals surface area contributed by atoms with Gasteiger partial charge in [0.15, 0.2) is 5.82 Å². The van der Waals surface area contributed by atoms with Crippen LogP contribution in [0.15, 0.2) is 36.9 Å². The van der Waals surface area contributed by atoms with E-state index in [0.29, 0.717) is 63.7 Å². The van der Waals surface area contributed by atoms with Gasteiger partial charge >= 0.3 is 17.9 Å². The molecule has 14 nitrogen and oxygen atoms in total. The van der Waals surface area contributed by atoms with Crippen molar-refractivity contribution in [1.29, 1.82) is 0 Å². The molecule has 0 spiro atoms. The number of rotatable bonds is 18. The molecule has 16 heteroatoms. The summed E-state index contributed by atoms with van der Waals surface area (Å²) in [5, 5.41) is 8.56. The quantitative estimate of drug-likeness (QED) is 0.0790. The number of nitrogens with zero attached hydrogens (tertiary/aromatic N) is 8. The highest BCUT2D eigenvalue weighted by molar-refractivity contribution is 6.76. The largest absolute Gasteiger partial charge is 0.478 e. The van der Waals surface area contributed by atoms with E-state index >= 15 is 0 Å². The van der Waals surface area contributed by atoms with Crippen LogP contribution in [0, 0.1) is 13.8 Å². The Morgan fingerprint density at radius 2 is 1.19 bits per heavy atom. The monoisotopic (exact) mass is 752 g/mol. The van der Waals surface area contributed by atoms with Crippen molar-refractivity contribution in [2.45, 2.75) is 105 Å². The number of carbonyl (C=O) groups is 2. The lowest BCUT2D eigenvalue weighted by Gasteiger charge is -2.15. The van der Waals surface area contributed by atoms with Gasteiger partial charge in [0.05, 0.1) is 76.0 Å². The lowest BCUT2D eigenvalue weighted by molar-refractivity contribution is -0.144. The van der Waals surface area contributed by atoms with Crippen molar-refractivity contribution in [2.75, 3.05) is 26.4 Å². The maximum Gasteiger partial charge on any atom is 0.317 e. The van der Waals surface area contributed by atoms with E-state index in [4.69, 9.17) is 18.9 Å². The average molecular weight is 753 g/mol. The molecule has 4 rings (SSSR count). The smallest absolute Gasteiger partial charge is 0.317 e. The highest BCUT2D eigenvalue weighted by atomic mass is 28.3. The molecule has 0 bridgehead atoms. The SMILES string of the molecule is CCOC(=O)CCn1cc(-c2cc(C)nc(OCC[Si](C)(C)C)n2)cn1.CCOC(=O)CCn1cc(-c2nc(C)cc(OCC[Si](C)(C)C)n2)cn1. The van der Waals surface area contributed by atoms with Crippen molar-refractivity contribution >= 4 is 28.1 Å². The van der Waals surface area contributed by atoms with E-state index in [1.165, 1.54) is 0 Å². The summed E-state index contributed by atoms with van der Waals surface area (Å²) in [6.07, 6.45) is 7.72. The van der Waals surface area contributed by atoms with Gasteiger partial charge in [0.2, 0.25) is 5.88 Å². The molecule has 0 fully saturated rings. The summed E-state index contributed by atoms with van der Waals surface area (Å²) in [6, 6.07) is 6.29. The highest BCUT2D eigenvalue weighted by Crippen LogP contribution is 2.21. The minimum Gasteiger partial charge on any atom is -0.478 e. The van der Waals surface area contributed by atoms with E-state index < -0.39 is 16.1 Å². The van der Waals surface area contributed by atoms with Crippen LogP contribution >= 0.6 is 0 Å². The van der Waals surface area contributed by atoms with Gasteiger partial charge in [0.1, 0.15) is 0 Å². The lowest BCUT2D eigenvalue weighted by atomic mass is 10.2. The molecule has 0 amide bonds. The zero-order valence-electron chi connectivity index (χ0n) is 32.6. The minimum absolute atomic E-state index is 0.222. The number of ether oxygens (including phenoxy) is 4. The number of aromatic nitrogens is 8. The van der Waals surface area contributed by atoms with E-state index in [2.05, 4.69) is 69.4 Å². The Kier molecular flexibility index (Phi) is 16.1. The van der Waals surface area contributed by atoms with Gasteiger partial charge in [-0.25, -0.2) is 9.97 Å². The third kappa shape index (κ3) is 15.8. The van der Waals surface area contributed by atoms with Crippen molar-refractivity contribution in [2.24, 2.45) is 0 Å². The van der Waals surface area contributed by atoms with Gasteiger partial charge < -0.3 is 18.9 Å². The Morgan fingerprint density at radius 1 is 0.673 bits per heavy atom. The summed E-state index contributed by atoms with van der Waals surface area (Å²) in [5.74, 6) is 0.718. The first-order valence-electron chi connectivity index (χ1n) is 17.9. The van der Waals surface area contributed by atoms with Gasteiger partial charge in [0, 0.05) is 51.6 Å². The molecule has 0 radical (unpaired) electrons. The van der Waals surface area contributed by atoms with Crippen LogP contribution in [0.2, 0.25) is 51.4 Å². The molecule has 0 aliphatic carbocycles. The number of esters is 2. The first-order chi connectivity index (χ1) is 24.5. The summed E-state index contributed by atoms with van der Waals surface area (Å²) in [5.41, 5.74) is 4.12. The van der Waals surface area contributed by atoms with Crippen molar-refractivity contribution in [3.63, 3.8) is 0 Å². The van der Waals surface area contributed by atoms with Crippen LogP contribution in [0.5, 0.6) is 11.9 Å². The summed E-state index contributed by atoms with van der Waals surface area (Å²) in [7, 11) is -2.30. The predicted molar refractivity (Wildman–Crippen MR) is 206 cm³/mol. The molecule has 0 aliphatic heterocycles. The van der Waals surface area contributed by atoms with Gasteiger partial charge in [-0.1, -0.05) is 39.3 Å². The number of carbonyl (C=O) groups excluding carboxylic acids is 2. The summed E-state index contributed by atoms with van der Waals surface area (Å²) in [4.78, 5) is 40.7. The topological polar surface area (TPSA) is 158 Å². The molecule has 284 valence electrons. The maximum atomic E-state index is 11.5. The van der Waals surface area contributed by atoms with E-state index in [-0.39, 0.29) is 18.4 Å². The summed E-state index contributed by atoms with van der Waals surface area (Å²) < 4.78 is 24.9. The first kappa shape index (κ1) is 42.0. The number of hydrogen-bond donors (Lipinski definition) is 0. The fourth-order valence-corrected chi connectivity index (χ4v) is 5.93. The van der Waals surface area contributed by atoms with Crippen LogP contribution in [-0.2, 0) is 32.2 Å². The zero-order chi connectivity index (χ0) is 38.3. The molecule has 0 saturated heterocycles. The first-order valence-corrected chi connectivity index (χ1v) is 25.3. The fraction of sp³-hybridized carbons (Fsp3) is 0.556. The molecule has 4 aromatic heterocycles. The van der Waals surface area contributed by atoms with Crippen molar-refractivity contribution in [3.05, 3.63) is 48.3 Å². The molecule has 0 atom stereocenters. The van der Waals surface area contributed by atoms with Gasteiger partial charge in [-0.3, -0.25) is 19.0 Å². The molecule has 0 aliphatic rings. The van der Waals surface area contributed by atoms with Crippen molar-refractivity contribution in [3.8, 4) is 34.5 Å². The second kappa shape index (κ2) is 20.0. The average Bonchev–Trinajstić information content (AvgIpc) is 3.72. The molecule has 0 saturated carbocycles. The third-order valence-corrected chi connectivity index (χ3v) is 10.8. The molecular formula is C36H56N8O6Si2. The van der Waals surface area contributed by atoms with Crippen molar-refractivity contribution < 1.29 is 28.5 Å². The fourth-order valence-electron chi connectivity index (χ4n) is 4.50. The maximum absolute atomic E-state index is 11.5. The second-order valence-electron chi connectivity index (χ2n) is 14.8. The third-order valence-electron chi connectivity index (χ3n) is 7.37. The van der Waals surface area contributed by atoms with Gasteiger partial charge in [-0.15, -0.1) is 0 Å². The van der Waals surface area contributed by atoms with Crippen LogP contribution < -0.4 is 9.47 Å². The Bertz CT molecular complexity index is 1610. The minimum atomic E-state index is -1.16. The molecule has 4 heterocycles. The molecule has 0 unspecified atom stereocenters. The normalized spacial score (nSPS) is 11.4. The number of aryl methyl sites for hydroxylation is 4.